The monoisotopic (exact) mass is 301 g/mol. The van der Waals surface area contributed by atoms with Crippen molar-refractivity contribution in [2.75, 3.05) is 0 Å². The van der Waals surface area contributed by atoms with Crippen LogP contribution in [0.3, 0.4) is 0 Å². The average molecular weight is 301 g/mol. The number of hydrazone groups is 1. The summed E-state index contributed by atoms with van der Waals surface area (Å²) in [6, 6.07) is 24.6. The number of hydrogen-bond acceptors (Lipinski definition) is 3. The third-order valence-electron chi connectivity index (χ3n) is 3.26. The SMILES string of the molecule is O=C(NN=C(c1ccccc1)c1ccccc1)c1ccccn1. The largest absolute Gasteiger partial charge is 0.289 e. The van der Waals surface area contributed by atoms with E-state index in [1.165, 1.54) is 0 Å². The Morgan fingerprint density at radius 1 is 0.783 bits per heavy atom. The maximum Gasteiger partial charge on any atom is 0.289 e. The highest BCUT2D eigenvalue weighted by Crippen LogP contribution is 2.10. The first-order valence-corrected chi connectivity index (χ1v) is 7.24. The van der Waals surface area contributed by atoms with E-state index in [1.807, 2.05) is 60.7 Å². The van der Waals surface area contributed by atoms with E-state index in [2.05, 4.69) is 15.5 Å². The van der Waals surface area contributed by atoms with Crippen LogP contribution < -0.4 is 5.43 Å². The van der Waals surface area contributed by atoms with Gasteiger partial charge in [0.2, 0.25) is 0 Å². The van der Waals surface area contributed by atoms with Gasteiger partial charge in [-0.25, -0.2) is 5.43 Å². The molecule has 0 fully saturated rings. The number of rotatable bonds is 4. The van der Waals surface area contributed by atoms with Crippen LogP contribution in [0.4, 0.5) is 0 Å². The summed E-state index contributed by atoms with van der Waals surface area (Å²) in [6.45, 7) is 0. The topological polar surface area (TPSA) is 54.4 Å². The average Bonchev–Trinajstić information content (AvgIpc) is 2.64. The number of hydrogen-bond donors (Lipinski definition) is 1. The molecule has 23 heavy (non-hydrogen) atoms. The summed E-state index contributed by atoms with van der Waals surface area (Å²) in [4.78, 5) is 16.2. The molecule has 112 valence electrons. The predicted molar refractivity (Wildman–Crippen MR) is 90.2 cm³/mol. The Kier molecular flexibility index (Phi) is 4.55. The molecule has 0 saturated heterocycles. The highest BCUT2D eigenvalue weighted by molar-refractivity contribution is 6.13. The number of amides is 1. The van der Waals surface area contributed by atoms with E-state index in [0.717, 1.165) is 11.1 Å². The first kappa shape index (κ1) is 14.7. The van der Waals surface area contributed by atoms with Crippen LogP contribution in [-0.4, -0.2) is 16.6 Å². The Labute approximate surface area is 134 Å². The van der Waals surface area contributed by atoms with Crippen LogP contribution in [0.15, 0.2) is 90.2 Å². The summed E-state index contributed by atoms with van der Waals surface area (Å²) in [5.74, 6) is -0.338. The van der Waals surface area contributed by atoms with Gasteiger partial charge in [-0.3, -0.25) is 9.78 Å². The third kappa shape index (κ3) is 3.68. The van der Waals surface area contributed by atoms with Crippen molar-refractivity contribution in [1.82, 2.24) is 10.4 Å². The van der Waals surface area contributed by atoms with Gasteiger partial charge >= 0.3 is 0 Å². The zero-order valence-electron chi connectivity index (χ0n) is 12.4. The van der Waals surface area contributed by atoms with Gasteiger partial charge in [-0.05, 0) is 12.1 Å². The molecule has 4 nitrogen and oxygen atoms in total. The van der Waals surface area contributed by atoms with E-state index in [-0.39, 0.29) is 5.91 Å². The van der Waals surface area contributed by atoms with Crippen molar-refractivity contribution in [3.8, 4) is 0 Å². The van der Waals surface area contributed by atoms with Gasteiger partial charge < -0.3 is 0 Å². The summed E-state index contributed by atoms with van der Waals surface area (Å²) in [5.41, 5.74) is 5.48. The molecule has 2 aromatic carbocycles. The minimum absolute atomic E-state index is 0.330. The van der Waals surface area contributed by atoms with Crippen LogP contribution in [0.25, 0.3) is 0 Å². The lowest BCUT2D eigenvalue weighted by atomic mass is 10.0. The molecule has 4 heteroatoms. The highest BCUT2D eigenvalue weighted by atomic mass is 16.2. The molecule has 0 aliphatic carbocycles. The van der Waals surface area contributed by atoms with E-state index >= 15 is 0 Å². The highest BCUT2D eigenvalue weighted by Gasteiger charge is 2.09. The molecule has 1 heterocycles. The van der Waals surface area contributed by atoms with E-state index in [1.54, 1.807) is 24.4 Å². The molecule has 0 bridgehead atoms. The fraction of sp³-hybridized carbons (Fsp3) is 0. The number of pyridine rings is 1. The quantitative estimate of drug-likeness (QED) is 0.594. The number of aromatic nitrogens is 1. The van der Waals surface area contributed by atoms with Crippen molar-refractivity contribution in [3.63, 3.8) is 0 Å². The Bertz CT molecular complexity index is 758. The van der Waals surface area contributed by atoms with Gasteiger partial charge in [-0.2, -0.15) is 5.10 Å². The molecule has 1 N–H and O–H groups in total. The fourth-order valence-corrected chi connectivity index (χ4v) is 2.15. The lowest BCUT2D eigenvalue weighted by Crippen LogP contribution is -2.21. The summed E-state index contributed by atoms with van der Waals surface area (Å²) < 4.78 is 0. The van der Waals surface area contributed by atoms with Gasteiger partial charge in [0.15, 0.2) is 0 Å². The second-order valence-electron chi connectivity index (χ2n) is 4.85. The first-order valence-electron chi connectivity index (χ1n) is 7.24. The third-order valence-corrected chi connectivity index (χ3v) is 3.26. The van der Waals surface area contributed by atoms with Gasteiger partial charge in [-0.15, -0.1) is 0 Å². The summed E-state index contributed by atoms with van der Waals surface area (Å²) in [5, 5.41) is 4.32. The zero-order valence-corrected chi connectivity index (χ0v) is 12.4. The molecule has 0 saturated carbocycles. The maximum atomic E-state index is 12.1. The van der Waals surface area contributed by atoms with Crippen molar-refractivity contribution in [2.45, 2.75) is 0 Å². The molecular weight excluding hydrogens is 286 g/mol. The van der Waals surface area contributed by atoms with Crippen LogP contribution in [0.5, 0.6) is 0 Å². The standard InChI is InChI=1S/C19H15N3O/c23-19(17-13-7-8-14-20-17)22-21-18(15-9-3-1-4-10-15)16-11-5-2-6-12-16/h1-14H,(H,22,23). The number of benzene rings is 2. The Morgan fingerprint density at radius 2 is 1.35 bits per heavy atom. The van der Waals surface area contributed by atoms with E-state index in [9.17, 15) is 4.79 Å². The Balaban J connectivity index is 1.91. The van der Waals surface area contributed by atoms with Gasteiger partial charge in [0.05, 0.1) is 5.71 Å². The van der Waals surface area contributed by atoms with Gasteiger partial charge in [-0.1, -0.05) is 66.7 Å². The second kappa shape index (κ2) is 7.13. The second-order valence-corrected chi connectivity index (χ2v) is 4.85. The molecule has 3 rings (SSSR count). The van der Waals surface area contributed by atoms with Crippen molar-refractivity contribution < 1.29 is 4.79 Å². The maximum absolute atomic E-state index is 12.1. The van der Waals surface area contributed by atoms with Crippen LogP contribution in [0.1, 0.15) is 21.6 Å². The summed E-state index contributed by atoms with van der Waals surface area (Å²) in [6.07, 6.45) is 1.58. The molecule has 1 aromatic heterocycles. The van der Waals surface area contributed by atoms with Gasteiger partial charge in [0.25, 0.3) is 5.91 Å². The fourth-order valence-electron chi connectivity index (χ4n) is 2.15. The first-order chi connectivity index (χ1) is 11.3. The molecule has 0 unspecified atom stereocenters. The lowest BCUT2D eigenvalue weighted by molar-refractivity contribution is 0.0950. The molecule has 3 aromatic rings. The van der Waals surface area contributed by atoms with Crippen molar-refractivity contribution in [2.24, 2.45) is 5.10 Å². The number of carbonyl (C=O) groups is 1. The minimum Gasteiger partial charge on any atom is -0.266 e. The van der Waals surface area contributed by atoms with Crippen molar-refractivity contribution in [3.05, 3.63) is 102 Å². The molecule has 0 radical (unpaired) electrons. The Hall–Kier alpha value is -3.27. The van der Waals surface area contributed by atoms with Crippen LogP contribution in [0.2, 0.25) is 0 Å². The molecule has 0 atom stereocenters. The molecular formula is C19H15N3O. The van der Waals surface area contributed by atoms with Crippen molar-refractivity contribution in [1.29, 1.82) is 0 Å². The van der Waals surface area contributed by atoms with Crippen LogP contribution in [0, 0.1) is 0 Å². The smallest absolute Gasteiger partial charge is 0.266 e. The molecule has 0 aliphatic rings. The zero-order chi connectivity index (χ0) is 15.9. The minimum atomic E-state index is -0.338. The summed E-state index contributed by atoms with van der Waals surface area (Å²) in [7, 11) is 0. The van der Waals surface area contributed by atoms with Crippen molar-refractivity contribution >= 4 is 11.6 Å². The van der Waals surface area contributed by atoms with E-state index in [0.29, 0.717) is 11.4 Å². The van der Waals surface area contributed by atoms with E-state index in [4.69, 9.17) is 0 Å². The number of nitrogens with zero attached hydrogens (tertiary/aromatic N) is 2. The summed E-state index contributed by atoms with van der Waals surface area (Å²) >= 11 is 0. The molecule has 0 aliphatic heterocycles. The number of carbonyl (C=O) groups excluding carboxylic acids is 1. The van der Waals surface area contributed by atoms with E-state index < -0.39 is 0 Å². The van der Waals surface area contributed by atoms with Crippen LogP contribution in [-0.2, 0) is 0 Å². The molecule has 0 spiro atoms. The number of nitrogens with one attached hydrogen (secondary N) is 1. The Morgan fingerprint density at radius 3 is 1.87 bits per heavy atom. The molecule has 1 amide bonds. The lowest BCUT2D eigenvalue weighted by Gasteiger charge is -2.07. The predicted octanol–water partition coefficient (Wildman–Crippen LogP) is 3.26. The normalized spacial score (nSPS) is 9.91. The van der Waals surface area contributed by atoms with Gasteiger partial charge in [0, 0.05) is 17.3 Å². The van der Waals surface area contributed by atoms with Crippen LogP contribution >= 0.6 is 0 Å². The van der Waals surface area contributed by atoms with Gasteiger partial charge in [0.1, 0.15) is 5.69 Å².